The monoisotopic (exact) mass is 298 g/mol. The van der Waals surface area contributed by atoms with E-state index in [2.05, 4.69) is 9.72 Å². The van der Waals surface area contributed by atoms with Crippen molar-refractivity contribution in [1.29, 1.82) is 0 Å². The number of alkyl halides is 5. The van der Waals surface area contributed by atoms with Crippen LogP contribution in [-0.2, 0) is 22.1 Å². The number of nitrogens with zero attached hydrogens (tertiary/aromatic N) is 1. The summed E-state index contributed by atoms with van der Waals surface area (Å²) in [6.07, 6.45) is -8.54. The van der Waals surface area contributed by atoms with Crippen molar-refractivity contribution in [3.05, 3.63) is 22.9 Å². The number of esters is 1. The summed E-state index contributed by atoms with van der Waals surface area (Å²) in [7, 11) is 0. The van der Waals surface area contributed by atoms with Gasteiger partial charge in [-0.25, -0.2) is 13.8 Å². The van der Waals surface area contributed by atoms with Crippen LogP contribution in [0.2, 0.25) is 0 Å². The predicted molar refractivity (Wildman–Crippen MR) is 58.9 cm³/mol. The van der Waals surface area contributed by atoms with Gasteiger partial charge in [-0.3, -0.25) is 4.79 Å². The summed E-state index contributed by atoms with van der Waals surface area (Å²) < 4.78 is 68.6. The van der Waals surface area contributed by atoms with Gasteiger partial charge in [0.2, 0.25) is 0 Å². The number of nitrogens with two attached hydrogens (primary N) is 1. The summed E-state index contributed by atoms with van der Waals surface area (Å²) in [5, 5.41) is 0. The molecule has 0 fully saturated rings. The van der Waals surface area contributed by atoms with Gasteiger partial charge in [0, 0.05) is 11.8 Å². The Morgan fingerprint density at radius 2 is 2.05 bits per heavy atom. The molecule has 0 bridgehead atoms. The van der Waals surface area contributed by atoms with Crippen LogP contribution in [-0.4, -0.2) is 17.6 Å². The number of rotatable bonds is 4. The Labute approximate surface area is 110 Å². The molecule has 0 amide bonds. The molecule has 1 rings (SSSR count). The minimum absolute atomic E-state index is 0.0165. The highest BCUT2D eigenvalue weighted by Crippen LogP contribution is 2.40. The number of hydrogen-bond donors (Lipinski definition) is 1. The molecule has 0 unspecified atom stereocenters. The van der Waals surface area contributed by atoms with E-state index in [1.165, 1.54) is 6.92 Å². The van der Waals surface area contributed by atoms with E-state index >= 15 is 0 Å². The molecule has 0 saturated carbocycles. The average molecular weight is 298 g/mol. The lowest BCUT2D eigenvalue weighted by atomic mass is 10.0. The lowest BCUT2D eigenvalue weighted by molar-refractivity contribution is -0.143. The topological polar surface area (TPSA) is 65.2 Å². The third-order valence-electron chi connectivity index (χ3n) is 2.37. The fourth-order valence-corrected chi connectivity index (χ4v) is 1.64. The third-order valence-corrected chi connectivity index (χ3v) is 2.37. The molecular weight excluding hydrogens is 287 g/mol. The summed E-state index contributed by atoms with van der Waals surface area (Å²) in [6, 6.07) is 0. The molecule has 0 saturated heterocycles. The van der Waals surface area contributed by atoms with E-state index < -0.39 is 47.5 Å². The Morgan fingerprint density at radius 3 is 2.50 bits per heavy atom. The Kier molecular flexibility index (Phi) is 4.85. The molecule has 1 aromatic heterocycles. The number of aromatic nitrogens is 1. The summed E-state index contributed by atoms with van der Waals surface area (Å²) in [5.41, 5.74) is 1.42. The molecule has 0 aliphatic carbocycles. The second-order valence-corrected chi connectivity index (χ2v) is 3.74. The van der Waals surface area contributed by atoms with Gasteiger partial charge in [0.25, 0.3) is 6.43 Å². The second kappa shape index (κ2) is 6.02. The Morgan fingerprint density at radius 1 is 1.45 bits per heavy atom. The van der Waals surface area contributed by atoms with Gasteiger partial charge in [-0.1, -0.05) is 0 Å². The first-order valence-electron chi connectivity index (χ1n) is 5.46. The summed E-state index contributed by atoms with van der Waals surface area (Å²) >= 11 is 0. The normalized spacial score (nSPS) is 11.8. The molecule has 0 aliphatic heterocycles. The molecule has 0 radical (unpaired) electrons. The number of nitrogen functional groups attached to an aromatic ring is 1. The molecule has 0 spiro atoms. The number of pyridine rings is 1. The Balaban J connectivity index is 3.36. The lowest BCUT2D eigenvalue weighted by Crippen LogP contribution is -2.18. The van der Waals surface area contributed by atoms with Crippen molar-refractivity contribution in [3.8, 4) is 0 Å². The van der Waals surface area contributed by atoms with Crippen LogP contribution in [0.1, 0.15) is 30.0 Å². The minimum atomic E-state index is -5.09. The van der Waals surface area contributed by atoms with Gasteiger partial charge in [-0.15, -0.1) is 0 Å². The molecule has 0 aliphatic rings. The van der Waals surface area contributed by atoms with Crippen LogP contribution in [0.3, 0.4) is 0 Å². The zero-order valence-electron chi connectivity index (χ0n) is 10.3. The zero-order valence-corrected chi connectivity index (χ0v) is 10.3. The van der Waals surface area contributed by atoms with Crippen LogP contribution in [0.15, 0.2) is 6.20 Å². The van der Waals surface area contributed by atoms with Gasteiger partial charge in [-0.05, 0) is 12.5 Å². The molecule has 20 heavy (non-hydrogen) atoms. The van der Waals surface area contributed by atoms with Crippen molar-refractivity contribution < 1.29 is 31.5 Å². The summed E-state index contributed by atoms with van der Waals surface area (Å²) in [5.74, 6) is -1.98. The molecule has 2 N–H and O–H groups in total. The maximum absolute atomic E-state index is 12.9. The molecule has 112 valence electrons. The number of hydrogen-bond acceptors (Lipinski definition) is 4. The number of halogens is 5. The quantitative estimate of drug-likeness (QED) is 0.685. The second-order valence-electron chi connectivity index (χ2n) is 3.74. The van der Waals surface area contributed by atoms with E-state index in [1.54, 1.807) is 0 Å². The fraction of sp³-hybridized carbons (Fsp3) is 0.455. The molecule has 0 atom stereocenters. The van der Waals surface area contributed by atoms with Crippen molar-refractivity contribution >= 4 is 11.8 Å². The molecule has 4 nitrogen and oxygen atoms in total. The van der Waals surface area contributed by atoms with Crippen molar-refractivity contribution in [2.75, 3.05) is 12.3 Å². The van der Waals surface area contributed by atoms with Crippen LogP contribution in [0.5, 0.6) is 0 Å². The Hall–Kier alpha value is -1.93. The maximum atomic E-state index is 12.9. The van der Waals surface area contributed by atoms with Crippen LogP contribution in [0, 0.1) is 0 Å². The third kappa shape index (κ3) is 3.55. The van der Waals surface area contributed by atoms with Crippen molar-refractivity contribution in [2.45, 2.75) is 25.9 Å². The number of ether oxygens (including phenoxy) is 1. The highest BCUT2D eigenvalue weighted by molar-refractivity contribution is 5.73. The SMILES string of the molecule is CCOC(=O)Cc1cnc(N)c(C(F)(F)F)c1C(F)F. The van der Waals surface area contributed by atoms with Crippen molar-refractivity contribution in [1.82, 2.24) is 4.98 Å². The van der Waals surface area contributed by atoms with Gasteiger partial charge < -0.3 is 10.5 Å². The first-order chi connectivity index (χ1) is 9.18. The smallest absolute Gasteiger partial charge is 0.420 e. The maximum Gasteiger partial charge on any atom is 0.420 e. The number of carbonyl (C=O) groups is 1. The summed E-state index contributed by atoms with van der Waals surface area (Å²) in [4.78, 5) is 14.4. The van der Waals surface area contributed by atoms with Gasteiger partial charge >= 0.3 is 12.1 Å². The summed E-state index contributed by atoms with van der Waals surface area (Å²) in [6.45, 7) is 1.46. The van der Waals surface area contributed by atoms with Crippen LogP contribution in [0.4, 0.5) is 27.8 Å². The van der Waals surface area contributed by atoms with E-state index in [-0.39, 0.29) is 6.61 Å². The van der Waals surface area contributed by atoms with E-state index in [1.807, 2.05) is 0 Å². The predicted octanol–water partition coefficient (Wildman–Crippen LogP) is 2.73. The molecular formula is C11H11F5N2O2. The van der Waals surface area contributed by atoms with Gasteiger partial charge in [0.05, 0.1) is 13.0 Å². The standard InChI is InChI=1S/C11H11F5N2O2/c1-2-20-6(19)3-5-4-18-10(17)8(11(14,15)16)7(5)9(12)13/h4,9H,2-3H2,1H3,(H2,17,18). The Bertz CT molecular complexity index is 502. The lowest BCUT2D eigenvalue weighted by Gasteiger charge is -2.17. The van der Waals surface area contributed by atoms with E-state index in [4.69, 9.17) is 5.73 Å². The molecule has 1 aromatic rings. The minimum Gasteiger partial charge on any atom is -0.466 e. The van der Waals surface area contributed by atoms with Crippen LogP contribution < -0.4 is 5.73 Å². The van der Waals surface area contributed by atoms with Gasteiger partial charge in [-0.2, -0.15) is 13.2 Å². The first-order valence-corrected chi connectivity index (χ1v) is 5.46. The largest absolute Gasteiger partial charge is 0.466 e. The van der Waals surface area contributed by atoms with E-state index in [0.717, 1.165) is 6.20 Å². The van der Waals surface area contributed by atoms with Crippen LogP contribution in [0.25, 0.3) is 0 Å². The molecule has 1 heterocycles. The fourth-order valence-electron chi connectivity index (χ4n) is 1.64. The van der Waals surface area contributed by atoms with Crippen LogP contribution >= 0.6 is 0 Å². The highest BCUT2D eigenvalue weighted by atomic mass is 19.4. The molecule has 0 aromatic carbocycles. The van der Waals surface area contributed by atoms with Crippen molar-refractivity contribution in [3.63, 3.8) is 0 Å². The van der Waals surface area contributed by atoms with Crippen molar-refractivity contribution in [2.24, 2.45) is 0 Å². The van der Waals surface area contributed by atoms with E-state index in [9.17, 15) is 26.7 Å². The average Bonchev–Trinajstić information content (AvgIpc) is 2.29. The highest BCUT2D eigenvalue weighted by Gasteiger charge is 2.40. The van der Waals surface area contributed by atoms with Gasteiger partial charge in [0.1, 0.15) is 11.4 Å². The number of carbonyl (C=O) groups excluding carboxylic acids is 1. The van der Waals surface area contributed by atoms with Gasteiger partial charge in [0.15, 0.2) is 0 Å². The van der Waals surface area contributed by atoms with E-state index in [0.29, 0.717) is 0 Å². The molecule has 9 heteroatoms. The number of anilines is 1. The first kappa shape index (κ1) is 16.1. The zero-order chi connectivity index (χ0) is 15.5.